The Labute approximate surface area is 103 Å². The number of nitrogens with one attached hydrogen (secondary N) is 2. The van der Waals surface area contributed by atoms with Crippen LogP contribution < -0.4 is 10.6 Å². The van der Waals surface area contributed by atoms with Crippen molar-refractivity contribution in [3.63, 3.8) is 0 Å². The maximum Gasteiger partial charge on any atom is 0.0682 e. The number of halogens is 1. The van der Waals surface area contributed by atoms with Crippen molar-refractivity contribution in [3.05, 3.63) is 29.8 Å². The Morgan fingerprint density at radius 2 is 2.31 bits per heavy atom. The van der Waals surface area contributed by atoms with Crippen LogP contribution in [0.25, 0.3) is 0 Å². The van der Waals surface area contributed by atoms with Gasteiger partial charge in [0, 0.05) is 18.3 Å². The highest BCUT2D eigenvalue weighted by Crippen LogP contribution is 2.14. The molecule has 0 saturated carbocycles. The van der Waals surface area contributed by atoms with Crippen molar-refractivity contribution in [2.24, 2.45) is 0 Å². The van der Waals surface area contributed by atoms with Gasteiger partial charge in [0.15, 0.2) is 0 Å². The summed E-state index contributed by atoms with van der Waals surface area (Å²) in [5, 5.41) is 15.9. The van der Waals surface area contributed by atoms with Gasteiger partial charge in [-0.1, -0.05) is 12.1 Å². The molecule has 4 heteroatoms. The molecule has 0 amide bonds. The highest BCUT2D eigenvalue weighted by molar-refractivity contribution is 5.85. The normalized spacial score (nSPS) is 19.9. The Kier molecular flexibility index (Phi) is 5.60. The largest absolute Gasteiger partial charge is 0.392 e. The molecule has 2 rings (SSSR count). The summed E-state index contributed by atoms with van der Waals surface area (Å²) < 4.78 is 0. The Bertz CT molecular complexity index is 314. The molecule has 0 radical (unpaired) electrons. The molecule has 1 aliphatic heterocycles. The molecular formula is C12H19ClN2O. The number of piperidine rings is 1. The number of rotatable bonds is 3. The lowest BCUT2D eigenvalue weighted by molar-refractivity contribution is 0.282. The van der Waals surface area contributed by atoms with E-state index < -0.39 is 0 Å². The van der Waals surface area contributed by atoms with Gasteiger partial charge in [-0.25, -0.2) is 0 Å². The lowest BCUT2D eigenvalue weighted by atomic mass is 10.1. The molecule has 0 spiro atoms. The van der Waals surface area contributed by atoms with E-state index in [1.54, 1.807) is 0 Å². The second kappa shape index (κ2) is 6.74. The van der Waals surface area contributed by atoms with E-state index in [4.69, 9.17) is 5.11 Å². The van der Waals surface area contributed by atoms with E-state index in [-0.39, 0.29) is 19.0 Å². The fraction of sp³-hybridized carbons (Fsp3) is 0.500. The van der Waals surface area contributed by atoms with Crippen LogP contribution in [0.1, 0.15) is 18.4 Å². The van der Waals surface area contributed by atoms with Crippen LogP contribution >= 0.6 is 12.4 Å². The van der Waals surface area contributed by atoms with Gasteiger partial charge in [0.2, 0.25) is 0 Å². The van der Waals surface area contributed by atoms with Crippen LogP contribution in [-0.4, -0.2) is 24.2 Å². The average Bonchev–Trinajstić information content (AvgIpc) is 2.31. The highest BCUT2D eigenvalue weighted by atomic mass is 35.5. The minimum absolute atomic E-state index is 0. The van der Waals surface area contributed by atoms with Crippen molar-refractivity contribution in [2.45, 2.75) is 25.5 Å². The van der Waals surface area contributed by atoms with Gasteiger partial charge in [-0.15, -0.1) is 12.4 Å². The molecule has 1 aromatic rings. The maximum absolute atomic E-state index is 9.03. The summed E-state index contributed by atoms with van der Waals surface area (Å²) in [5.74, 6) is 0. The first kappa shape index (κ1) is 13.3. The van der Waals surface area contributed by atoms with Crippen LogP contribution in [0, 0.1) is 0 Å². The number of benzene rings is 1. The Hall–Kier alpha value is -0.770. The van der Waals surface area contributed by atoms with E-state index in [2.05, 4.69) is 10.6 Å². The van der Waals surface area contributed by atoms with Crippen molar-refractivity contribution < 1.29 is 5.11 Å². The summed E-state index contributed by atoms with van der Waals surface area (Å²) in [6.45, 7) is 2.27. The number of hydrogen-bond donors (Lipinski definition) is 3. The summed E-state index contributed by atoms with van der Waals surface area (Å²) in [7, 11) is 0. The number of aliphatic hydroxyl groups excluding tert-OH is 1. The maximum atomic E-state index is 9.03. The predicted octanol–water partition coefficient (Wildman–Crippen LogP) is 1.76. The second-order valence-corrected chi connectivity index (χ2v) is 4.05. The molecular weight excluding hydrogens is 224 g/mol. The van der Waals surface area contributed by atoms with Crippen molar-refractivity contribution in [1.82, 2.24) is 5.32 Å². The SMILES string of the molecule is Cl.OCc1cccc(NC2CCCNC2)c1. The van der Waals surface area contributed by atoms with Crippen LogP contribution in [0.5, 0.6) is 0 Å². The average molecular weight is 243 g/mol. The molecule has 1 atom stereocenters. The fourth-order valence-corrected chi connectivity index (χ4v) is 1.97. The summed E-state index contributed by atoms with van der Waals surface area (Å²) in [4.78, 5) is 0. The van der Waals surface area contributed by atoms with E-state index >= 15 is 0 Å². The molecule has 3 N–H and O–H groups in total. The van der Waals surface area contributed by atoms with Gasteiger partial charge >= 0.3 is 0 Å². The van der Waals surface area contributed by atoms with Crippen molar-refractivity contribution >= 4 is 18.1 Å². The zero-order valence-electron chi connectivity index (χ0n) is 9.28. The predicted molar refractivity (Wildman–Crippen MR) is 69.1 cm³/mol. The first-order chi connectivity index (χ1) is 7.38. The van der Waals surface area contributed by atoms with Gasteiger partial charge in [0.1, 0.15) is 0 Å². The lowest BCUT2D eigenvalue weighted by Gasteiger charge is -2.24. The van der Waals surface area contributed by atoms with E-state index in [9.17, 15) is 0 Å². The molecule has 90 valence electrons. The van der Waals surface area contributed by atoms with E-state index in [1.165, 1.54) is 12.8 Å². The number of hydrogen-bond acceptors (Lipinski definition) is 3. The first-order valence-corrected chi connectivity index (χ1v) is 5.55. The third kappa shape index (κ3) is 3.67. The zero-order valence-corrected chi connectivity index (χ0v) is 10.1. The van der Waals surface area contributed by atoms with Gasteiger partial charge in [0.25, 0.3) is 0 Å². The van der Waals surface area contributed by atoms with E-state index in [0.717, 1.165) is 24.3 Å². The van der Waals surface area contributed by atoms with E-state index in [1.807, 2.05) is 24.3 Å². The molecule has 1 aliphatic rings. The van der Waals surface area contributed by atoms with Gasteiger partial charge in [0.05, 0.1) is 6.61 Å². The minimum atomic E-state index is 0. The second-order valence-electron chi connectivity index (χ2n) is 4.05. The van der Waals surface area contributed by atoms with Crippen LogP contribution in [0.3, 0.4) is 0 Å². The topological polar surface area (TPSA) is 44.3 Å². The Balaban J connectivity index is 0.00000128. The Morgan fingerprint density at radius 3 is 3.00 bits per heavy atom. The molecule has 1 fully saturated rings. The molecule has 3 nitrogen and oxygen atoms in total. The van der Waals surface area contributed by atoms with Crippen LogP contribution in [-0.2, 0) is 6.61 Å². The zero-order chi connectivity index (χ0) is 10.5. The summed E-state index contributed by atoms with van der Waals surface area (Å²) >= 11 is 0. The van der Waals surface area contributed by atoms with Crippen molar-refractivity contribution in [1.29, 1.82) is 0 Å². The monoisotopic (exact) mass is 242 g/mol. The number of anilines is 1. The molecule has 1 heterocycles. The standard InChI is InChI=1S/C12H18N2O.ClH/c15-9-10-3-1-4-11(7-10)14-12-5-2-6-13-8-12;/h1,3-4,7,12-15H,2,5-6,8-9H2;1H. The summed E-state index contributed by atoms with van der Waals surface area (Å²) in [5.41, 5.74) is 2.07. The fourth-order valence-electron chi connectivity index (χ4n) is 1.97. The molecule has 1 saturated heterocycles. The van der Waals surface area contributed by atoms with Gasteiger partial charge < -0.3 is 15.7 Å². The smallest absolute Gasteiger partial charge is 0.0682 e. The molecule has 0 aliphatic carbocycles. The number of aliphatic hydroxyl groups is 1. The van der Waals surface area contributed by atoms with Gasteiger partial charge in [-0.2, -0.15) is 0 Å². The highest BCUT2D eigenvalue weighted by Gasteiger charge is 2.11. The third-order valence-electron chi connectivity index (χ3n) is 2.78. The van der Waals surface area contributed by atoms with E-state index in [0.29, 0.717) is 6.04 Å². The molecule has 0 aromatic heterocycles. The van der Waals surface area contributed by atoms with Crippen LogP contribution in [0.15, 0.2) is 24.3 Å². The lowest BCUT2D eigenvalue weighted by Crippen LogP contribution is -2.38. The molecule has 1 aromatic carbocycles. The van der Waals surface area contributed by atoms with Crippen molar-refractivity contribution in [3.8, 4) is 0 Å². The molecule has 16 heavy (non-hydrogen) atoms. The Morgan fingerprint density at radius 1 is 1.44 bits per heavy atom. The molecule has 0 bridgehead atoms. The van der Waals surface area contributed by atoms with Crippen LogP contribution in [0.4, 0.5) is 5.69 Å². The first-order valence-electron chi connectivity index (χ1n) is 5.55. The van der Waals surface area contributed by atoms with Gasteiger partial charge in [-0.3, -0.25) is 0 Å². The third-order valence-corrected chi connectivity index (χ3v) is 2.78. The summed E-state index contributed by atoms with van der Waals surface area (Å²) in [6.07, 6.45) is 2.45. The summed E-state index contributed by atoms with van der Waals surface area (Å²) in [6, 6.07) is 8.49. The van der Waals surface area contributed by atoms with Gasteiger partial charge in [-0.05, 0) is 37.1 Å². The quantitative estimate of drug-likeness (QED) is 0.757. The minimum Gasteiger partial charge on any atom is -0.392 e. The molecule has 1 unspecified atom stereocenters. The van der Waals surface area contributed by atoms with Crippen molar-refractivity contribution in [2.75, 3.05) is 18.4 Å². The van der Waals surface area contributed by atoms with Crippen LogP contribution in [0.2, 0.25) is 0 Å².